The van der Waals surface area contributed by atoms with Crippen LogP contribution in [0.2, 0.25) is 0 Å². The molecular formula is C6H10N2O2S. The molecule has 11 heavy (non-hydrogen) atoms. The van der Waals surface area contributed by atoms with Crippen LogP contribution >= 0.6 is 0 Å². The Kier molecular flexibility index (Phi) is 1.99. The van der Waals surface area contributed by atoms with Crippen molar-refractivity contribution in [2.45, 2.75) is 12.2 Å². The lowest BCUT2D eigenvalue weighted by Gasteiger charge is -2.04. The number of aromatic nitrogens is 2. The van der Waals surface area contributed by atoms with Crippen molar-refractivity contribution in [3.05, 3.63) is 18.0 Å². The fourth-order valence-electron chi connectivity index (χ4n) is 0.730. The molecule has 0 radical (unpaired) electrons. The molecule has 1 rings (SSSR count). The van der Waals surface area contributed by atoms with Crippen LogP contribution in [0, 0.1) is 0 Å². The highest BCUT2D eigenvalue weighted by Crippen LogP contribution is 2.18. The highest BCUT2D eigenvalue weighted by atomic mass is 32.2. The Labute approximate surface area is 65.5 Å². The van der Waals surface area contributed by atoms with Gasteiger partial charge in [-0.15, -0.1) is 0 Å². The fraction of sp³-hybridized carbons (Fsp3) is 0.500. The van der Waals surface area contributed by atoms with E-state index < -0.39 is 15.1 Å². The fourth-order valence-corrected chi connectivity index (χ4v) is 1.35. The van der Waals surface area contributed by atoms with Crippen LogP contribution in [-0.4, -0.2) is 24.9 Å². The lowest BCUT2D eigenvalue weighted by Crippen LogP contribution is -2.06. The van der Waals surface area contributed by atoms with Gasteiger partial charge in [0.05, 0.1) is 11.4 Å². The van der Waals surface area contributed by atoms with Crippen LogP contribution in [0.1, 0.15) is 17.7 Å². The van der Waals surface area contributed by atoms with E-state index >= 15 is 0 Å². The summed E-state index contributed by atoms with van der Waals surface area (Å²) >= 11 is 0. The lowest BCUT2D eigenvalue weighted by molar-refractivity contribution is 0.592. The summed E-state index contributed by atoms with van der Waals surface area (Å²) in [6.07, 6.45) is 4.32. The predicted molar refractivity (Wildman–Crippen MR) is 41.8 cm³/mol. The van der Waals surface area contributed by atoms with E-state index in [0.717, 1.165) is 0 Å². The summed E-state index contributed by atoms with van der Waals surface area (Å²) in [5.74, 6) is 0. The third kappa shape index (κ3) is 1.80. The van der Waals surface area contributed by atoms with E-state index in [1.807, 2.05) is 0 Å². The molecule has 0 fully saturated rings. The second-order valence-electron chi connectivity index (χ2n) is 2.50. The van der Waals surface area contributed by atoms with Crippen LogP contribution in [0.25, 0.3) is 0 Å². The van der Waals surface area contributed by atoms with Crippen molar-refractivity contribution in [3.8, 4) is 0 Å². The lowest BCUT2D eigenvalue weighted by atomic mass is 10.3. The van der Waals surface area contributed by atoms with Crippen LogP contribution in [-0.2, 0) is 9.84 Å². The number of H-pyrrole nitrogens is 1. The number of rotatable bonds is 2. The third-order valence-electron chi connectivity index (χ3n) is 1.63. The quantitative estimate of drug-likeness (QED) is 0.710. The van der Waals surface area contributed by atoms with Crippen LogP contribution in [0.5, 0.6) is 0 Å². The Balaban J connectivity index is 2.97. The molecule has 1 heterocycles. The summed E-state index contributed by atoms with van der Waals surface area (Å²) in [5.41, 5.74) is 0.701. The number of nitrogens with one attached hydrogen (secondary N) is 1. The molecule has 0 aliphatic carbocycles. The number of aromatic amines is 1. The van der Waals surface area contributed by atoms with Gasteiger partial charge < -0.3 is 0 Å². The van der Waals surface area contributed by atoms with Gasteiger partial charge in [-0.2, -0.15) is 5.10 Å². The minimum atomic E-state index is -2.99. The molecule has 0 spiro atoms. The smallest absolute Gasteiger partial charge is 0.154 e. The van der Waals surface area contributed by atoms with Gasteiger partial charge in [0.15, 0.2) is 9.84 Å². The summed E-state index contributed by atoms with van der Waals surface area (Å²) in [6, 6.07) is 0. The van der Waals surface area contributed by atoms with Crippen molar-refractivity contribution < 1.29 is 8.42 Å². The highest BCUT2D eigenvalue weighted by Gasteiger charge is 2.17. The first-order chi connectivity index (χ1) is 5.02. The minimum Gasteiger partial charge on any atom is -0.285 e. The van der Waals surface area contributed by atoms with E-state index in [4.69, 9.17) is 0 Å². The van der Waals surface area contributed by atoms with Gasteiger partial charge in [0.25, 0.3) is 0 Å². The van der Waals surface area contributed by atoms with E-state index in [2.05, 4.69) is 10.2 Å². The average Bonchev–Trinajstić information content (AvgIpc) is 2.34. The Bertz CT molecular complexity index is 314. The summed E-state index contributed by atoms with van der Waals surface area (Å²) in [4.78, 5) is 0. The molecule has 0 bridgehead atoms. The molecule has 0 saturated carbocycles. The van der Waals surface area contributed by atoms with Gasteiger partial charge in [-0.05, 0) is 6.92 Å². The largest absolute Gasteiger partial charge is 0.285 e. The zero-order valence-electron chi connectivity index (χ0n) is 6.40. The first-order valence-electron chi connectivity index (χ1n) is 3.19. The first-order valence-corrected chi connectivity index (χ1v) is 5.15. The number of hydrogen-bond acceptors (Lipinski definition) is 3. The molecule has 1 aromatic rings. The van der Waals surface area contributed by atoms with Gasteiger partial charge in [-0.1, -0.05) is 0 Å². The Hall–Kier alpha value is -0.840. The van der Waals surface area contributed by atoms with E-state index in [1.165, 1.54) is 12.5 Å². The monoisotopic (exact) mass is 174 g/mol. The van der Waals surface area contributed by atoms with Crippen molar-refractivity contribution in [1.82, 2.24) is 10.2 Å². The topological polar surface area (TPSA) is 62.8 Å². The van der Waals surface area contributed by atoms with E-state index in [-0.39, 0.29) is 0 Å². The minimum absolute atomic E-state index is 0.471. The van der Waals surface area contributed by atoms with Gasteiger partial charge in [0, 0.05) is 18.0 Å². The Morgan fingerprint density at radius 3 is 2.64 bits per heavy atom. The van der Waals surface area contributed by atoms with Crippen LogP contribution in [0.15, 0.2) is 12.4 Å². The molecule has 1 aromatic heterocycles. The van der Waals surface area contributed by atoms with E-state index in [0.29, 0.717) is 5.56 Å². The first kappa shape index (κ1) is 8.26. The summed E-state index contributed by atoms with van der Waals surface area (Å²) < 4.78 is 22.0. The molecule has 0 aliphatic heterocycles. The zero-order chi connectivity index (χ0) is 8.48. The van der Waals surface area contributed by atoms with Gasteiger partial charge in [-0.3, -0.25) is 5.10 Å². The number of nitrogens with zero attached hydrogens (tertiary/aromatic N) is 1. The summed E-state index contributed by atoms with van der Waals surface area (Å²) in [6.45, 7) is 1.64. The Morgan fingerprint density at radius 2 is 2.27 bits per heavy atom. The molecule has 1 N–H and O–H groups in total. The summed E-state index contributed by atoms with van der Waals surface area (Å²) in [5, 5.41) is 5.76. The molecule has 0 aliphatic rings. The van der Waals surface area contributed by atoms with Crippen molar-refractivity contribution in [2.24, 2.45) is 0 Å². The zero-order valence-corrected chi connectivity index (χ0v) is 7.22. The SMILES string of the molecule is CC(c1cn[nH]c1)S(C)(=O)=O. The van der Waals surface area contributed by atoms with Crippen LogP contribution in [0.4, 0.5) is 0 Å². The van der Waals surface area contributed by atoms with Gasteiger partial charge in [0.2, 0.25) is 0 Å². The normalized spacial score (nSPS) is 14.7. The maximum atomic E-state index is 11.0. The molecule has 1 unspecified atom stereocenters. The number of hydrogen-bond donors (Lipinski definition) is 1. The molecule has 5 heteroatoms. The van der Waals surface area contributed by atoms with Crippen LogP contribution < -0.4 is 0 Å². The van der Waals surface area contributed by atoms with Crippen molar-refractivity contribution in [1.29, 1.82) is 0 Å². The average molecular weight is 174 g/mol. The summed E-state index contributed by atoms with van der Waals surface area (Å²) in [7, 11) is -2.99. The van der Waals surface area contributed by atoms with Crippen LogP contribution in [0.3, 0.4) is 0 Å². The molecule has 0 aromatic carbocycles. The second kappa shape index (κ2) is 2.65. The Morgan fingerprint density at radius 1 is 1.64 bits per heavy atom. The van der Waals surface area contributed by atoms with E-state index in [9.17, 15) is 8.42 Å². The molecule has 1 atom stereocenters. The van der Waals surface area contributed by atoms with Gasteiger partial charge in [-0.25, -0.2) is 8.42 Å². The third-order valence-corrected chi connectivity index (χ3v) is 3.19. The molecule has 62 valence electrons. The van der Waals surface area contributed by atoms with Gasteiger partial charge >= 0.3 is 0 Å². The van der Waals surface area contributed by atoms with Crippen molar-refractivity contribution in [2.75, 3.05) is 6.26 Å². The van der Waals surface area contributed by atoms with Crippen molar-refractivity contribution in [3.63, 3.8) is 0 Å². The number of sulfone groups is 1. The highest BCUT2D eigenvalue weighted by molar-refractivity contribution is 7.90. The molecule has 0 saturated heterocycles. The van der Waals surface area contributed by atoms with E-state index in [1.54, 1.807) is 13.1 Å². The molecule has 4 nitrogen and oxygen atoms in total. The second-order valence-corrected chi connectivity index (χ2v) is 4.87. The molecule has 0 amide bonds. The standard InChI is InChI=1S/C6H10N2O2S/c1-5(11(2,9)10)6-3-7-8-4-6/h3-5H,1-2H3,(H,7,8). The van der Waals surface area contributed by atoms with Crippen molar-refractivity contribution >= 4 is 9.84 Å². The maximum absolute atomic E-state index is 11.0. The van der Waals surface area contributed by atoms with Gasteiger partial charge in [0.1, 0.15) is 0 Å². The maximum Gasteiger partial charge on any atom is 0.154 e. The molecular weight excluding hydrogens is 164 g/mol. The predicted octanol–water partition coefficient (Wildman–Crippen LogP) is 0.515.